The fourth-order valence-electron chi connectivity index (χ4n) is 1.95. The topological polar surface area (TPSA) is 54.9 Å². The zero-order valence-electron chi connectivity index (χ0n) is 11.5. The molecule has 2 heterocycles. The van der Waals surface area contributed by atoms with E-state index in [9.17, 15) is 4.79 Å². The number of nitrogens with zero attached hydrogens (tertiary/aromatic N) is 2. The summed E-state index contributed by atoms with van der Waals surface area (Å²) in [5, 5.41) is 6.13. The van der Waals surface area contributed by atoms with Gasteiger partial charge < -0.3 is 5.32 Å². The highest BCUT2D eigenvalue weighted by Crippen LogP contribution is 2.30. The molecule has 3 rings (SSSR count). The average Bonchev–Trinajstić information content (AvgIpc) is 2.97. The summed E-state index contributed by atoms with van der Waals surface area (Å²) in [6, 6.07) is 11.1. The van der Waals surface area contributed by atoms with Crippen molar-refractivity contribution in [1.29, 1.82) is 0 Å². The largest absolute Gasteiger partial charge is 0.324 e. The van der Waals surface area contributed by atoms with Gasteiger partial charge in [-0.15, -0.1) is 11.3 Å². The molecule has 110 valence electrons. The normalized spacial score (nSPS) is 10.4. The lowest BCUT2D eigenvalue weighted by atomic mass is 10.2. The molecule has 0 fully saturated rings. The number of carbonyl (C=O) groups is 1. The molecular weight excluding hydrogens is 318 g/mol. The smallest absolute Gasteiger partial charge is 0.230 e. The Kier molecular flexibility index (Phi) is 4.46. The second-order valence-electron chi connectivity index (χ2n) is 4.59. The molecule has 4 nitrogen and oxygen atoms in total. The van der Waals surface area contributed by atoms with Crippen molar-refractivity contribution in [2.24, 2.45) is 0 Å². The molecule has 0 aliphatic carbocycles. The van der Waals surface area contributed by atoms with E-state index >= 15 is 0 Å². The summed E-state index contributed by atoms with van der Waals surface area (Å²) in [6.45, 7) is 0. The summed E-state index contributed by atoms with van der Waals surface area (Å²) in [7, 11) is 0. The maximum atomic E-state index is 12.0. The summed E-state index contributed by atoms with van der Waals surface area (Å²) in [6.07, 6.45) is 3.48. The maximum absolute atomic E-state index is 12.0. The van der Waals surface area contributed by atoms with Gasteiger partial charge in [0.25, 0.3) is 0 Å². The van der Waals surface area contributed by atoms with E-state index in [1.807, 2.05) is 29.6 Å². The number of halogens is 1. The Balaban J connectivity index is 1.70. The predicted molar refractivity (Wildman–Crippen MR) is 89.1 cm³/mol. The zero-order valence-corrected chi connectivity index (χ0v) is 13.1. The van der Waals surface area contributed by atoms with Crippen LogP contribution < -0.4 is 5.32 Å². The van der Waals surface area contributed by atoms with Crippen molar-refractivity contribution in [2.45, 2.75) is 6.42 Å². The monoisotopic (exact) mass is 329 g/mol. The Hall–Kier alpha value is -2.24. The van der Waals surface area contributed by atoms with Crippen LogP contribution in [0.5, 0.6) is 0 Å². The molecule has 3 aromatic rings. The van der Waals surface area contributed by atoms with Crippen molar-refractivity contribution in [2.75, 3.05) is 5.32 Å². The summed E-state index contributed by atoms with van der Waals surface area (Å²) in [4.78, 5) is 20.4. The van der Waals surface area contributed by atoms with Crippen molar-refractivity contribution < 1.29 is 4.79 Å². The minimum Gasteiger partial charge on any atom is -0.324 e. The van der Waals surface area contributed by atoms with Crippen LogP contribution in [0.2, 0.25) is 5.02 Å². The van der Waals surface area contributed by atoms with Gasteiger partial charge >= 0.3 is 0 Å². The van der Waals surface area contributed by atoms with E-state index in [2.05, 4.69) is 15.3 Å². The Morgan fingerprint density at radius 3 is 2.86 bits per heavy atom. The molecule has 1 amide bonds. The first kappa shape index (κ1) is 14.7. The third kappa shape index (κ3) is 3.50. The fourth-order valence-corrected chi connectivity index (χ4v) is 3.09. The quantitative estimate of drug-likeness (QED) is 0.786. The summed E-state index contributed by atoms with van der Waals surface area (Å²) in [5.41, 5.74) is 2.28. The molecule has 0 atom stereocenters. The third-order valence-electron chi connectivity index (χ3n) is 2.94. The highest BCUT2D eigenvalue weighted by atomic mass is 35.5. The van der Waals surface area contributed by atoms with Crippen LogP contribution in [0.15, 0.2) is 54.2 Å². The second kappa shape index (κ2) is 6.68. The number of aromatic nitrogens is 2. The van der Waals surface area contributed by atoms with Gasteiger partial charge in [0.05, 0.1) is 29.0 Å². The number of nitrogens with one attached hydrogen (secondary N) is 1. The molecule has 2 aromatic heterocycles. The first-order valence-electron chi connectivity index (χ1n) is 6.61. The number of pyridine rings is 1. The molecule has 0 saturated carbocycles. The molecule has 22 heavy (non-hydrogen) atoms. The van der Waals surface area contributed by atoms with E-state index in [0.29, 0.717) is 10.7 Å². The highest BCUT2D eigenvalue weighted by molar-refractivity contribution is 7.13. The van der Waals surface area contributed by atoms with Crippen molar-refractivity contribution >= 4 is 34.5 Å². The minimum atomic E-state index is -0.121. The third-order valence-corrected chi connectivity index (χ3v) is 4.20. The van der Waals surface area contributed by atoms with E-state index in [0.717, 1.165) is 16.3 Å². The van der Waals surface area contributed by atoms with Gasteiger partial charge in [-0.3, -0.25) is 9.78 Å². The Bertz CT molecular complexity index is 789. The van der Waals surface area contributed by atoms with Crippen LogP contribution in [0.4, 0.5) is 5.69 Å². The number of carbonyl (C=O) groups excluding carboxylic acids is 1. The van der Waals surface area contributed by atoms with E-state index < -0.39 is 0 Å². The molecule has 0 unspecified atom stereocenters. The van der Waals surface area contributed by atoms with E-state index in [1.165, 1.54) is 11.3 Å². The molecular formula is C16H12ClN3OS. The van der Waals surface area contributed by atoms with Crippen LogP contribution in [0, 0.1) is 0 Å². The van der Waals surface area contributed by atoms with Gasteiger partial charge in [-0.25, -0.2) is 4.98 Å². The molecule has 6 heteroatoms. The molecule has 0 bridgehead atoms. The first-order valence-corrected chi connectivity index (χ1v) is 7.87. The van der Waals surface area contributed by atoms with E-state index in [4.69, 9.17) is 11.6 Å². The summed E-state index contributed by atoms with van der Waals surface area (Å²) in [5.74, 6) is -0.121. The lowest BCUT2D eigenvalue weighted by Crippen LogP contribution is -2.14. The molecule has 0 spiro atoms. The van der Waals surface area contributed by atoms with Crippen molar-refractivity contribution in [3.05, 3.63) is 64.9 Å². The number of amides is 1. The molecule has 0 aliphatic heterocycles. The standard InChI is InChI=1S/C16H12ClN3OS/c17-14-6-2-1-5-13(14)16-20-12(10-22-16)8-15(21)19-11-4-3-7-18-9-11/h1-7,9-10H,8H2,(H,19,21). The minimum absolute atomic E-state index is 0.121. The highest BCUT2D eigenvalue weighted by Gasteiger charge is 2.11. The fraction of sp³-hybridized carbons (Fsp3) is 0.0625. The van der Waals surface area contributed by atoms with Crippen LogP contribution >= 0.6 is 22.9 Å². The second-order valence-corrected chi connectivity index (χ2v) is 5.86. The van der Waals surface area contributed by atoms with Gasteiger partial charge in [-0.05, 0) is 18.2 Å². The molecule has 0 aliphatic rings. The number of benzene rings is 1. The van der Waals surface area contributed by atoms with Crippen LogP contribution in [0.1, 0.15) is 5.69 Å². The van der Waals surface area contributed by atoms with E-state index in [-0.39, 0.29) is 12.3 Å². The van der Waals surface area contributed by atoms with E-state index in [1.54, 1.807) is 24.5 Å². The lowest BCUT2D eigenvalue weighted by Gasteiger charge is -2.02. The Labute approximate surface area is 136 Å². The molecule has 0 radical (unpaired) electrons. The Morgan fingerprint density at radius 2 is 2.09 bits per heavy atom. The van der Waals surface area contributed by atoms with Gasteiger partial charge in [-0.2, -0.15) is 0 Å². The molecule has 1 aromatic carbocycles. The average molecular weight is 330 g/mol. The zero-order chi connectivity index (χ0) is 15.4. The maximum Gasteiger partial charge on any atom is 0.230 e. The molecule has 0 saturated heterocycles. The van der Waals surface area contributed by atoms with Gasteiger partial charge in [0.1, 0.15) is 5.01 Å². The van der Waals surface area contributed by atoms with Gasteiger partial charge in [0, 0.05) is 17.1 Å². The first-order chi connectivity index (χ1) is 10.7. The number of rotatable bonds is 4. The number of thiazole rings is 1. The number of anilines is 1. The predicted octanol–water partition coefficient (Wildman–Crippen LogP) is 4.04. The SMILES string of the molecule is O=C(Cc1csc(-c2ccccc2Cl)n1)Nc1cccnc1. The number of hydrogen-bond acceptors (Lipinski definition) is 4. The molecule has 1 N–H and O–H groups in total. The van der Waals surface area contributed by atoms with Crippen LogP contribution in [0.3, 0.4) is 0 Å². The van der Waals surface area contributed by atoms with Crippen LogP contribution in [0.25, 0.3) is 10.6 Å². The van der Waals surface area contributed by atoms with Gasteiger partial charge in [-0.1, -0.05) is 29.8 Å². The summed E-state index contributed by atoms with van der Waals surface area (Å²) < 4.78 is 0. The van der Waals surface area contributed by atoms with Crippen molar-refractivity contribution in [3.63, 3.8) is 0 Å². The van der Waals surface area contributed by atoms with Gasteiger partial charge in [0.15, 0.2) is 0 Å². The number of hydrogen-bond donors (Lipinski definition) is 1. The summed E-state index contributed by atoms with van der Waals surface area (Å²) >= 11 is 7.64. The van der Waals surface area contributed by atoms with Crippen LogP contribution in [-0.4, -0.2) is 15.9 Å². The van der Waals surface area contributed by atoms with Crippen LogP contribution in [-0.2, 0) is 11.2 Å². The van der Waals surface area contributed by atoms with Gasteiger partial charge in [0.2, 0.25) is 5.91 Å². The Morgan fingerprint density at radius 1 is 1.23 bits per heavy atom. The lowest BCUT2D eigenvalue weighted by molar-refractivity contribution is -0.115. The van der Waals surface area contributed by atoms with Crippen molar-refractivity contribution in [1.82, 2.24) is 9.97 Å². The van der Waals surface area contributed by atoms with Crippen molar-refractivity contribution in [3.8, 4) is 10.6 Å².